The smallest absolute Gasteiger partial charge is 0.275 e. The zero-order chi connectivity index (χ0) is 24.7. The summed E-state index contributed by atoms with van der Waals surface area (Å²) in [5, 5.41) is 18.5. The minimum Gasteiger partial charge on any atom is -0.490 e. The van der Waals surface area contributed by atoms with E-state index in [0.717, 1.165) is 30.2 Å². The SMILES string of the molecule is Cn1ncc(NC(=O)c2csc(-c3c(F)cc4c(c3F)OCCC4O)n2)c1C1CCC(N)CCO1. The third-order valence-corrected chi connectivity index (χ3v) is 7.15. The zero-order valence-electron chi connectivity index (χ0n) is 19.0. The highest BCUT2D eigenvalue weighted by Gasteiger charge is 2.30. The van der Waals surface area contributed by atoms with E-state index >= 15 is 4.39 Å². The number of nitrogens with two attached hydrogens (primary N) is 1. The monoisotopic (exact) mass is 505 g/mol. The van der Waals surface area contributed by atoms with Crippen LogP contribution in [0.5, 0.6) is 5.75 Å². The summed E-state index contributed by atoms with van der Waals surface area (Å²) in [6, 6.07) is 1.12. The number of halogens is 2. The number of hydrogen-bond donors (Lipinski definition) is 3. The van der Waals surface area contributed by atoms with Crippen LogP contribution in [-0.4, -0.2) is 45.0 Å². The lowest BCUT2D eigenvalue weighted by Gasteiger charge is -2.23. The van der Waals surface area contributed by atoms with Crippen molar-refractivity contribution in [2.45, 2.75) is 43.9 Å². The standard InChI is InChI=1S/C23H25F2N5O4S/c1-30-20(17-3-2-11(26)4-6-33-17)14(9-27-30)28-22(32)15-10-35-23(29-15)18-13(24)8-12-16(31)5-7-34-21(12)19(18)25/h8-11,16-17,31H,2-7,26H2,1H3,(H,28,32). The fourth-order valence-electron chi connectivity index (χ4n) is 4.41. The van der Waals surface area contributed by atoms with Gasteiger partial charge in [0.05, 0.1) is 35.9 Å². The molecule has 9 nitrogen and oxygen atoms in total. The number of benzene rings is 1. The van der Waals surface area contributed by atoms with Crippen LogP contribution >= 0.6 is 11.3 Å². The lowest BCUT2D eigenvalue weighted by atomic mass is 10.00. The Labute approximate surface area is 203 Å². The molecular weight excluding hydrogens is 480 g/mol. The van der Waals surface area contributed by atoms with Gasteiger partial charge >= 0.3 is 0 Å². The number of nitrogens with zero attached hydrogens (tertiary/aromatic N) is 3. The first-order valence-corrected chi connectivity index (χ1v) is 12.2. The number of carbonyl (C=O) groups excluding carboxylic acids is 1. The van der Waals surface area contributed by atoms with Crippen LogP contribution in [0.25, 0.3) is 10.6 Å². The number of thiazole rings is 1. The summed E-state index contributed by atoms with van der Waals surface area (Å²) in [6.45, 7) is 0.629. The average molecular weight is 506 g/mol. The first kappa shape index (κ1) is 23.8. The number of carbonyl (C=O) groups is 1. The van der Waals surface area contributed by atoms with Crippen molar-refractivity contribution in [3.63, 3.8) is 0 Å². The van der Waals surface area contributed by atoms with Crippen molar-refractivity contribution in [2.24, 2.45) is 12.8 Å². The van der Waals surface area contributed by atoms with Crippen molar-refractivity contribution in [3.8, 4) is 16.3 Å². The molecule has 35 heavy (non-hydrogen) atoms. The molecule has 1 saturated heterocycles. The van der Waals surface area contributed by atoms with Gasteiger partial charge in [0.1, 0.15) is 22.6 Å². The molecule has 1 aromatic carbocycles. The number of aryl methyl sites for hydroxylation is 1. The Morgan fingerprint density at radius 2 is 2.11 bits per heavy atom. The van der Waals surface area contributed by atoms with E-state index in [9.17, 15) is 14.3 Å². The van der Waals surface area contributed by atoms with Crippen molar-refractivity contribution in [1.29, 1.82) is 0 Å². The maximum absolute atomic E-state index is 15.1. The summed E-state index contributed by atoms with van der Waals surface area (Å²) in [6.07, 6.45) is 2.75. The Kier molecular flexibility index (Phi) is 6.53. The van der Waals surface area contributed by atoms with Crippen molar-refractivity contribution in [3.05, 3.63) is 46.2 Å². The van der Waals surface area contributed by atoms with Gasteiger partial charge in [-0.1, -0.05) is 0 Å². The Hall–Kier alpha value is -2.93. The van der Waals surface area contributed by atoms with E-state index in [-0.39, 0.29) is 47.2 Å². The molecule has 0 bridgehead atoms. The van der Waals surface area contributed by atoms with E-state index in [1.807, 2.05) is 0 Å². The Bertz CT molecular complexity index is 1260. The summed E-state index contributed by atoms with van der Waals surface area (Å²) in [5.41, 5.74) is 6.90. The Morgan fingerprint density at radius 3 is 2.94 bits per heavy atom. The molecular formula is C23H25F2N5O4S. The molecule has 1 fully saturated rings. The molecule has 2 aromatic heterocycles. The highest BCUT2D eigenvalue weighted by Crippen LogP contribution is 2.41. The lowest BCUT2D eigenvalue weighted by molar-refractivity contribution is 0.0529. The molecule has 2 aliphatic rings. The molecule has 4 heterocycles. The summed E-state index contributed by atoms with van der Waals surface area (Å²) < 4.78 is 42.8. The number of fused-ring (bicyclic) bond motifs is 1. The van der Waals surface area contributed by atoms with Crippen molar-refractivity contribution in [1.82, 2.24) is 14.8 Å². The third-order valence-electron chi connectivity index (χ3n) is 6.29. The van der Waals surface area contributed by atoms with E-state index in [2.05, 4.69) is 15.4 Å². The lowest BCUT2D eigenvalue weighted by Crippen LogP contribution is -2.19. The summed E-state index contributed by atoms with van der Waals surface area (Å²) in [7, 11) is 1.76. The van der Waals surface area contributed by atoms with Gasteiger partial charge in [0.15, 0.2) is 11.6 Å². The molecule has 0 radical (unpaired) electrons. The van der Waals surface area contributed by atoms with Crippen LogP contribution in [0.4, 0.5) is 14.5 Å². The van der Waals surface area contributed by atoms with Crippen LogP contribution in [0.15, 0.2) is 17.6 Å². The van der Waals surface area contributed by atoms with E-state index in [1.165, 1.54) is 11.6 Å². The van der Waals surface area contributed by atoms with Crippen molar-refractivity contribution < 1.29 is 28.2 Å². The molecule has 0 aliphatic carbocycles. The number of hydrogen-bond acceptors (Lipinski definition) is 8. The first-order valence-electron chi connectivity index (χ1n) is 11.3. The molecule has 12 heteroatoms. The highest BCUT2D eigenvalue weighted by molar-refractivity contribution is 7.13. The number of amides is 1. The van der Waals surface area contributed by atoms with Gasteiger partial charge in [-0.05, 0) is 25.3 Å². The molecule has 4 N–H and O–H groups in total. The second kappa shape index (κ2) is 9.61. The van der Waals surface area contributed by atoms with Gasteiger partial charge in [0, 0.05) is 37.1 Å². The number of aliphatic hydroxyl groups is 1. The zero-order valence-corrected chi connectivity index (χ0v) is 19.8. The molecule has 2 aliphatic heterocycles. The Morgan fingerprint density at radius 1 is 1.29 bits per heavy atom. The molecule has 1 amide bonds. The number of ether oxygens (including phenoxy) is 2. The predicted octanol–water partition coefficient (Wildman–Crippen LogP) is 3.46. The van der Waals surface area contributed by atoms with Gasteiger partial charge < -0.3 is 25.6 Å². The average Bonchev–Trinajstić information content (AvgIpc) is 3.38. The minimum absolute atomic E-state index is 0.00100. The van der Waals surface area contributed by atoms with E-state index < -0.39 is 29.2 Å². The van der Waals surface area contributed by atoms with E-state index in [0.29, 0.717) is 24.4 Å². The van der Waals surface area contributed by atoms with Crippen molar-refractivity contribution >= 4 is 22.9 Å². The van der Waals surface area contributed by atoms with Gasteiger partial charge in [-0.15, -0.1) is 11.3 Å². The van der Waals surface area contributed by atoms with Crippen LogP contribution in [-0.2, 0) is 11.8 Å². The number of aliphatic hydroxyl groups excluding tert-OH is 1. The molecule has 3 atom stereocenters. The van der Waals surface area contributed by atoms with Crippen LogP contribution in [0.2, 0.25) is 0 Å². The second-order valence-electron chi connectivity index (χ2n) is 8.66. The first-order chi connectivity index (χ1) is 16.8. The van der Waals surface area contributed by atoms with Gasteiger partial charge in [-0.2, -0.15) is 5.10 Å². The predicted molar refractivity (Wildman–Crippen MR) is 124 cm³/mol. The van der Waals surface area contributed by atoms with E-state index in [1.54, 1.807) is 11.7 Å². The number of aromatic nitrogens is 3. The molecule has 3 aromatic rings. The third kappa shape index (κ3) is 4.54. The quantitative estimate of drug-likeness (QED) is 0.496. The van der Waals surface area contributed by atoms with Gasteiger partial charge in [-0.3, -0.25) is 9.48 Å². The normalized spacial score (nSPS) is 22.3. The molecule has 3 unspecified atom stereocenters. The number of nitrogens with one attached hydrogen (secondary N) is 1. The second-order valence-corrected chi connectivity index (χ2v) is 9.52. The van der Waals surface area contributed by atoms with Crippen molar-refractivity contribution in [2.75, 3.05) is 18.5 Å². The Balaban J connectivity index is 1.39. The summed E-state index contributed by atoms with van der Waals surface area (Å²) >= 11 is 0.932. The van der Waals surface area contributed by atoms with Crippen LogP contribution in [0.1, 0.15) is 59.6 Å². The topological polar surface area (TPSA) is 125 Å². The van der Waals surface area contributed by atoms with Gasteiger partial charge in [0.25, 0.3) is 5.91 Å². The molecule has 5 rings (SSSR count). The minimum atomic E-state index is -1.00. The fraction of sp³-hybridized carbons (Fsp3) is 0.435. The maximum atomic E-state index is 15.1. The van der Waals surface area contributed by atoms with Gasteiger partial charge in [-0.25, -0.2) is 13.8 Å². The molecule has 186 valence electrons. The maximum Gasteiger partial charge on any atom is 0.275 e. The largest absolute Gasteiger partial charge is 0.490 e. The summed E-state index contributed by atoms with van der Waals surface area (Å²) in [5.74, 6) is -2.56. The molecule has 0 saturated carbocycles. The molecule has 0 spiro atoms. The van der Waals surface area contributed by atoms with Gasteiger partial charge in [0.2, 0.25) is 0 Å². The summed E-state index contributed by atoms with van der Waals surface area (Å²) in [4.78, 5) is 17.1. The highest BCUT2D eigenvalue weighted by atomic mass is 32.1. The number of anilines is 1. The van der Waals surface area contributed by atoms with E-state index in [4.69, 9.17) is 15.2 Å². The number of rotatable bonds is 4. The fourth-order valence-corrected chi connectivity index (χ4v) is 5.25. The van der Waals surface area contributed by atoms with Crippen LogP contribution in [0.3, 0.4) is 0 Å². The van der Waals surface area contributed by atoms with Crippen LogP contribution < -0.4 is 15.8 Å². The van der Waals surface area contributed by atoms with Crippen LogP contribution in [0, 0.1) is 11.6 Å².